The molecule has 0 unspecified atom stereocenters. The SMILES string of the molecule is CCCCc1cc(=O)oc2c(C)c3c(cc12)CN(c1ccc(Cl)c(Cl)c1)CO3. The highest BCUT2D eigenvalue weighted by molar-refractivity contribution is 6.42. The van der Waals surface area contributed by atoms with Gasteiger partial charge < -0.3 is 14.1 Å². The summed E-state index contributed by atoms with van der Waals surface area (Å²) in [5.74, 6) is 0.791. The Bertz CT molecular complexity index is 1110. The van der Waals surface area contributed by atoms with Crippen molar-refractivity contribution < 1.29 is 9.15 Å². The summed E-state index contributed by atoms with van der Waals surface area (Å²) in [5.41, 5.74) is 4.23. The molecular formula is C22H21Cl2NO3. The fourth-order valence-corrected chi connectivity index (χ4v) is 4.00. The molecule has 1 aromatic heterocycles. The van der Waals surface area contributed by atoms with E-state index in [-0.39, 0.29) is 5.63 Å². The van der Waals surface area contributed by atoms with Gasteiger partial charge in [-0.15, -0.1) is 0 Å². The van der Waals surface area contributed by atoms with Gasteiger partial charge in [0.2, 0.25) is 0 Å². The minimum absolute atomic E-state index is 0.310. The summed E-state index contributed by atoms with van der Waals surface area (Å²) in [6.07, 6.45) is 2.95. The molecule has 0 N–H and O–H groups in total. The Morgan fingerprint density at radius 3 is 2.71 bits per heavy atom. The molecule has 0 bridgehead atoms. The smallest absolute Gasteiger partial charge is 0.336 e. The Morgan fingerprint density at radius 1 is 1.14 bits per heavy atom. The van der Waals surface area contributed by atoms with E-state index in [1.807, 2.05) is 19.1 Å². The summed E-state index contributed by atoms with van der Waals surface area (Å²) in [7, 11) is 0. The molecule has 4 rings (SSSR count). The van der Waals surface area contributed by atoms with Gasteiger partial charge >= 0.3 is 5.63 Å². The molecule has 0 atom stereocenters. The van der Waals surface area contributed by atoms with E-state index in [0.29, 0.717) is 28.9 Å². The first kappa shape index (κ1) is 19.2. The van der Waals surface area contributed by atoms with E-state index in [9.17, 15) is 4.79 Å². The molecule has 2 heterocycles. The Morgan fingerprint density at radius 2 is 1.96 bits per heavy atom. The lowest BCUT2D eigenvalue weighted by Gasteiger charge is -2.32. The summed E-state index contributed by atoms with van der Waals surface area (Å²) in [5, 5.41) is 2.04. The molecule has 6 heteroatoms. The first-order chi connectivity index (χ1) is 13.5. The molecule has 2 aromatic carbocycles. The average Bonchev–Trinajstić information content (AvgIpc) is 2.69. The van der Waals surface area contributed by atoms with Crippen molar-refractivity contribution in [2.45, 2.75) is 39.7 Å². The topological polar surface area (TPSA) is 42.7 Å². The number of benzene rings is 2. The number of ether oxygens (including phenoxy) is 1. The number of fused-ring (bicyclic) bond motifs is 2. The quantitative estimate of drug-likeness (QED) is 0.480. The minimum Gasteiger partial charge on any atom is -0.472 e. The second kappa shape index (κ2) is 7.69. The molecule has 0 amide bonds. The predicted octanol–water partition coefficient (Wildman–Crippen LogP) is 6.11. The van der Waals surface area contributed by atoms with Gasteiger partial charge in [0.1, 0.15) is 11.3 Å². The number of nitrogens with zero attached hydrogens (tertiary/aromatic N) is 1. The first-order valence-electron chi connectivity index (χ1n) is 9.40. The molecule has 3 aromatic rings. The summed E-state index contributed by atoms with van der Waals surface area (Å²) in [6.45, 7) is 5.15. The van der Waals surface area contributed by atoms with Gasteiger partial charge in [-0.05, 0) is 49.6 Å². The van der Waals surface area contributed by atoms with E-state index >= 15 is 0 Å². The number of unbranched alkanes of at least 4 members (excludes halogenated alkanes) is 1. The lowest BCUT2D eigenvalue weighted by molar-refractivity contribution is 0.287. The molecule has 28 heavy (non-hydrogen) atoms. The van der Waals surface area contributed by atoms with Crippen LogP contribution in [0, 0.1) is 6.92 Å². The average molecular weight is 418 g/mol. The molecule has 0 saturated heterocycles. The minimum atomic E-state index is -0.310. The van der Waals surface area contributed by atoms with Crippen LogP contribution in [-0.2, 0) is 13.0 Å². The highest BCUT2D eigenvalue weighted by Gasteiger charge is 2.23. The number of hydrogen-bond acceptors (Lipinski definition) is 4. The van der Waals surface area contributed by atoms with Crippen molar-refractivity contribution in [3.05, 3.63) is 67.5 Å². The van der Waals surface area contributed by atoms with Crippen molar-refractivity contribution in [1.82, 2.24) is 0 Å². The predicted molar refractivity (Wildman–Crippen MR) is 114 cm³/mol. The van der Waals surface area contributed by atoms with Gasteiger partial charge in [0.25, 0.3) is 0 Å². The van der Waals surface area contributed by atoms with E-state index in [2.05, 4.69) is 17.9 Å². The van der Waals surface area contributed by atoms with Gasteiger partial charge in [-0.25, -0.2) is 4.79 Å². The van der Waals surface area contributed by atoms with Gasteiger partial charge in [-0.2, -0.15) is 0 Å². The lowest BCUT2D eigenvalue weighted by atomic mass is 9.98. The van der Waals surface area contributed by atoms with Crippen molar-refractivity contribution in [1.29, 1.82) is 0 Å². The van der Waals surface area contributed by atoms with Crippen LogP contribution in [0.5, 0.6) is 5.75 Å². The Balaban J connectivity index is 1.78. The van der Waals surface area contributed by atoms with Crippen molar-refractivity contribution in [2.75, 3.05) is 11.6 Å². The fourth-order valence-electron chi connectivity index (χ4n) is 3.71. The lowest BCUT2D eigenvalue weighted by Crippen LogP contribution is -2.32. The monoisotopic (exact) mass is 417 g/mol. The van der Waals surface area contributed by atoms with Crippen LogP contribution in [0.3, 0.4) is 0 Å². The van der Waals surface area contributed by atoms with Gasteiger partial charge in [-0.3, -0.25) is 0 Å². The van der Waals surface area contributed by atoms with Crippen LogP contribution in [0.2, 0.25) is 10.0 Å². The van der Waals surface area contributed by atoms with Crippen molar-refractivity contribution in [3.63, 3.8) is 0 Å². The van der Waals surface area contributed by atoms with E-state index in [0.717, 1.165) is 52.8 Å². The van der Waals surface area contributed by atoms with Gasteiger partial charge in [-0.1, -0.05) is 36.5 Å². The van der Waals surface area contributed by atoms with Crippen LogP contribution >= 0.6 is 23.2 Å². The van der Waals surface area contributed by atoms with Gasteiger partial charge in [0.15, 0.2) is 6.73 Å². The third-order valence-corrected chi connectivity index (χ3v) is 5.91. The third kappa shape index (κ3) is 3.47. The van der Waals surface area contributed by atoms with Crippen molar-refractivity contribution in [3.8, 4) is 5.75 Å². The van der Waals surface area contributed by atoms with E-state index < -0.39 is 0 Å². The van der Waals surface area contributed by atoms with E-state index in [1.54, 1.807) is 12.1 Å². The summed E-state index contributed by atoms with van der Waals surface area (Å²) in [4.78, 5) is 14.1. The Kier molecular flexibility index (Phi) is 5.26. The molecule has 0 saturated carbocycles. The number of anilines is 1. The maximum absolute atomic E-state index is 12.0. The number of hydrogen-bond donors (Lipinski definition) is 0. The number of halogens is 2. The van der Waals surface area contributed by atoms with Gasteiger partial charge in [0, 0.05) is 34.8 Å². The second-order valence-corrected chi connectivity index (χ2v) is 7.94. The molecule has 4 nitrogen and oxygen atoms in total. The van der Waals surface area contributed by atoms with Crippen LogP contribution in [-0.4, -0.2) is 6.73 Å². The molecule has 1 aliphatic heterocycles. The van der Waals surface area contributed by atoms with E-state index in [4.69, 9.17) is 32.4 Å². The van der Waals surface area contributed by atoms with Crippen LogP contribution in [0.25, 0.3) is 11.0 Å². The molecule has 0 spiro atoms. The first-order valence-corrected chi connectivity index (χ1v) is 10.2. The summed E-state index contributed by atoms with van der Waals surface area (Å²) >= 11 is 12.2. The maximum Gasteiger partial charge on any atom is 0.336 e. The van der Waals surface area contributed by atoms with Crippen LogP contribution in [0.4, 0.5) is 5.69 Å². The zero-order valence-corrected chi connectivity index (χ0v) is 17.4. The normalized spacial score (nSPS) is 13.5. The zero-order valence-electron chi connectivity index (χ0n) is 15.9. The number of rotatable bonds is 4. The highest BCUT2D eigenvalue weighted by Crippen LogP contribution is 2.38. The third-order valence-electron chi connectivity index (χ3n) is 5.17. The van der Waals surface area contributed by atoms with Gasteiger partial charge in [0.05, 0.1) is 10.0 Å². The molecule has 146 valence electrons. The van der Waals surface area contributed by atoms with Crippen LogP contribution in [0.1, 0.15) is 36.5 Å². The van der Waals surface area contributed by atoms with E-state index in [1.165, 1.54) is 0 Å². The van der Waals surface area contributed by atoms with Crippen molar-refractivity contribution >= 4 is 39.9 Å². The molecule has 0 aliphatic carbocycles. The van der Waals surface area contributed by atoms with Crippen molar-refractivity contribution in [2.24, 2.45) is 0 Å². The fraction of sp³-hybridized carbons (Fsp3) is 0.318. The standard InChI is InChI=1S/C22H21Cl2NO3/c1-3-4-5-14-9-20(26)28-22-13(2)21-15(8-17(14)22)11-25(12-27-21)16-6-7-18(23)19(24)10-16/h6-10H,3-5,11-12H2,1-2H3. The Labute approximate surface area is 173 Å². The second-order valence-electron chi connectivity index (χ2n) is 7.13. The number of aryl methyl sites for hydroxylation is 2. The molecule has 0 fully saturated rings. The summed E-state index contributed by atoms with van der Waals surface area (Å²) < 4.78 is 11.6. The summed E-state index contributed by atoms with van der Waals surface area (Å²) in [6, 6.07) is 9.28. The van der Waals surface area contributed by atoms with Crippen LogP contribution < -0.4 is 15.3 Å². The molecular weight excluding hydrogens is 397 g/mol. The zero-order chi connectivity index (χ0) is 19.8. The highest BCUT2D eigenvalue weighted by atomic mass is 35.5. The molecule has 1 aliphatic rings. The largest absolute Gasteiger partial charge is 0.472 e. The Hall–Kier alpha value is -2.17. The maximum atomic E-state index is 12.0. The molecule has 0 radical (unpaired) electrons. The van der Waals surface area contributed by atoms with Crippen LogP contribution in [0.15, 0.2) is 39.5 Å².